The van der Waals surface area contributed by atoms with Crippen LogP contribution in [0.25, 0.3) is 0 Å². The van der Waals surface area contributed by atoms with E-state index in [1.54, 1.807) is 0 Å². The molecule has 0 fully saturated rings. The standard InChI is InChI=1S/Hf.H2O4S.H2O.O/c;1-5(2,3)4;;/h;(H2,1,2,3,4);1H2;/q+4;;;-2/p-2. The van der Waals surface area contributed by atoms with Crippen LogP contribution in [0, 0.1) is 0 Å². The van der Waals surface area contributed by atoms with Crippen LogP contribution in [0.2, 0.25) is 0 Å². The average Bonchev–Trinajstić information content (AvgIpc) is 0.722. The second kappa shape index (κ2) is 7.66. The minimum absolute atomic E-state index is 0. The van der Waals surface area contributed by atoms with E-state index in [9.17, 15) is 0 Å². The molecule has 2 N–H and O–H groups in total. The summed E-state index contributed by atoms with van der Waals surface area (Å²) in [5.74, 6) is 0. The zero-order chi connectivity index (χ0) is 4.50. The van der Waals surface area contributed by atoms with Crippen molar-refractivity contribution < 1.29 is 54.3 Å². The van der Waals surface area contributed by atoms with E-state index in [0.717, 1.165) is 0 Å². The first-order valence-corrected chi connectivity index (χ1v) is 2.05. The van der Waals surface area contributed by atoms with Crippen LogP contribution in [0.15, 0.2) is 0 Å². The molecule has 6 nitrogen and oxygen atoms in total. The van der Waals surface area contributed by atoms with E-state index in [1.807, 2.05) is 0 Å². The molecule has 48 valence electrons. The molecule has 0 aromatic carbocycles. The van der Waals surface area contributed by atoms with Crippen LogP contribution in [0.5, 0.6) is 0 Å². The Hall–Kier alpha value is 0.660. The van der Waals surface area contributed by atoms with Crippen LogP contribution < -0.4 is 0 Å². The van der Waals surface area contributed by atoms with Crippen molar-refractivity contribution in [2.24, 2.45) is 0 Å². The fraction of sp³-hybridized carbons (Fsp3) is 0. The van der Waals surface area contributed by atoms with Crippen molar-refractivity contribution in [3.63, 3.8) is 0 Å². The molecule has 8 heteroatoms. The van der Waals surface area contributed by atoms with Crippen LogP contribution in [0.1, 0.15) is 0 Å². The zero-order valence-corrected chi connectivity index (χ0v) is 7.84. The topological polar surface area (TPSA) is 136 Å². The molecule has 0 unspecified atom stereocenters. The number of hydrogen-bond acceptors (Lipinski definition) is 4. The molecule has 0 aliphatic carbocycles. The summed E-state index contributed by atoms with van der Waals surface area (Å²) < 4.78 is 32.8. The van der Waals surface area contributed by atoms with Gasteiger partial charge in [-0.1, -0.05) is 0 Å². The van der Waals surface area contributed by atoms with Gasteiger partial charge in [-0.3, -0.25) is 4.55 Å². The first-order chi connectivity index (χ1) is 2.00. The van der Waals surface area contributed by atoms with Crippen LogP contribution in [0.3, 0.4) is 0 Å². The van der Waals surface area contributed by atoms with Crippen LogP contribution >= 0.6 is 0 Å². The molecule has 0 spiro atoms. The molecule has 0 saturated carbocycles. The average molecular weight is 309 g/mol. The van der Waals surface area contributed by atoms with Gasteiger partial charge in [0.15, 0.2) is 0 Å². The minimum Gasteiger partial charge on any atom is -2.00 e. The Balaban J connectivity index is -0.0000000267. The van der Waals surface area contributed by atoms with Crippen molar-refractivity contribution in [2.75, 3.05) is 0 Å². The van der Waals surface area contributed by atoms with Gasteiger partial charge in [0.1, 0.15) is 0 Å². The summed E-state index contributed by atoms with van der Waals surface area (Å²) in [7, 11) is -4.92. The molecule has 0 bridgehead atoms. The summed E-state index contributed by atoms with van der Waals surface area (Å²) in [6, 6.07) is 0. The van der Waals surface area contributed by atoms with Crippen molar-refractivity contribution in [3.8, 4) is 0 Å². The van der Waals surface area contributed by atoms with Gasteiger partial charge in [0, 0.05) is 0 Å². The van der Waals surface area contributed by atoms with Crippen molar-refractivity contribution in [1.29, 1.82) is 0 Å². The molecule has 0 amide bonds. The quantitative estimate of drug-likeness (QED) is 0.337. The van der Waals surface area contributed by atoms with Crippen molar-refractivity contribution in [1.82, 2.24) is 0 Å². The molecule has 0 heterocycles. The molecule has 0 aromatic rings. The summed E-state index contributed by atoms with van der Waals surface area (Å²) in [4.78, 5) is 0. The second-order valence-corrected chi connectivity index (χ2v) is 1.28. The third-order valence-corrected chi connectivity index (χ3v) is 0. The third kappa shape index (κ3) is 490. The van der Waals surface area contributed by atoms with E-state index < -0.39 is 10.4 Å². The van der Waals surface area contributed by atoms with Crippen molar-refractivity contribution in [2.45, 2.75) is 0 Å². The maximum Gasteiger partial charge on any atom is 4.00 e. The van der Waals surface area contributed by atoms with Gasteiger partial charge in [-0.05, 0) is 0 Å². The molecular formula is H2HfO6S. The van der Waals surface area contributed by atoms with Gasteiger partial charge in [-0.15, -0.1) is 0 Å². The Bertz CT molecular complexity index is 91.7. The zero-order valence-electron chi connectivity index (χ0n) is 3.44. The maximum absolute atomic E-state index is 8.63. The molecule has 0 aromatic heterocycles. The first kappa shape index (κ1) is 23.4. The summed E-state index contributed by atoms with van der Waals surface area (Å²) >= 11 is 0. The monoisotopic (exact) mass is 310 g/mol. The summed E-state index contributed by atoms with van der Waals surface area (Å²) in [5.41, 5.74) is 0. The fourth-order valence-corrected chi connectivity index (χ4v) is 0. The Kier molecular flexibility index (Phi) is 22.4. The summed E-state index contributed by atoms with van der Waals surface area (Å²) in [6.07, 6.45) is 0. The van der Waals surface area contributed by atoms with Gasteiger partial charge in [-0.2, -0.15) is 0 Å². The maximum atomic E-state index is 8.63. The van der Waals surface area contributed by atoms with Gasteiger partial charge < -0.3 is 15.5 Å². The molecule has 0 saturated heterocycles. The Labute approximate surface area is 64.9 Å². The van der Waals surface area contributed by atoms with Gasteiger partial charge >= 0.3 is 25.8 Å². The molecule has 0 aliphatic heterocycles. The Morgan fingerprint density at radius 1 is 1.38 bits per heavy atom. The van der Waals surface area contributed by atoms with Gasteiger partial charge in [0.05, 0.1) is 0 Å². The van der Waals surface area contributed by atoms with Gasteiger partial charge in [0.25, 0.3) is 0 Å². The van der Waals surface area contributed by atoms with Crippen molar-refractivity contribution >= 4 is 10.4 Å². The molecule has 0 radical (unpaired) electrons. The number of rotatable bonds is 0. The first-order valence-electron chi connectivity index (χ1n) is 0.683. The van der Waals surface area contributed by atoms with Crippen LogP contribution in [0.4, 0.5) is 0 Å². The minimum atomic E-state index is -4.92. The number of hydrogen-bond donors (Lipinski definition) is 1. The Morgan fingerprint density at radius 2 is 1.38 bits per heavy atom. The van der Waals surface area contributed by atoms with E-state index in [2.05, 4.69) is 0 Å². The summed E-state index contributed by atoms with van der Waals surface area (Å²) in [6.45, 7) is 0. The SMILES string of the molecule is O=S(=O)([O-])O.[Hf+4].[O-2].[OH-]. The van der Waals surface area contributed by atoms with E-state index in [0.29, 0.717) is 0 Å². The molecule has 0 aliphatic rings. The predicted molar refractivity (Wildman–Crippen MR) is 14.9 cm³/mol. The molecular weight excluding hydrogens is 307 g/mol. The normalized spacial score (nSPS) is 7.25. The van der Waals surface area contributed by atoms with E-state index in [1.165, 1.54) is 0 Å². The summed E-state index contributed by atoms with van der Waals surface area (Å²) in [5, 5.41) is 0. The van der Waals surface area contributed by atoms with E-state index in [4.69, 9.17) is 17.5 Å². The second-order valence-electron chi connectivity index (χ2n) is 0.428. The third-order valence-electron chi connectivity index (χ3n) is 0. The molecule has 8 heavy (non-hydrogen) atoms. The largest absolute Gasteiger partial charge is 4.00 e. The van der Waals surface area contributed by atoms with Crippen LogP contribution in [-0.2, 0) is 41.7 Å². The van der Waals surface area contributed by atoms with E-state index >= 15 is 0 Å². The smallest absolute Gasteiger partial charge is 2.00 e. The molecule has 0 atom stereocenters. The molecule has 0 rings (SSSR count). The predicted octanol–water partition coefficient (Wildman–Crippen LogP) is -1.29. The Morgan fingerprint density at radius 3 is 1.38 bits per heavy atom. The van der Waals surface area contributed by atoms with Crippen LogP contribution in [-0.4, -0.2) is 23.0 Å². The van der Waals surface area contributed by atoms with Gasteiger partial charge in [-0.25, -0.2) is 8.42 Å². The fourth-order valence-electron chi connectivity index (χ4n) is 0. The van der Waals surface area contributed by atoms with Gasteiger partial charge in [0.2, 0.25) is 10.4 Å². The van der Waals surface area contributed by atoms with Crippen molar-refractivity contribution in [3.05, 3.63) is 0 Å². The van der Waals surface area contributed by atoms with E-state index in [-0.39, 0.29) is 36.8 Å².